The summed E-state index contributed by atoms with van der Waals surface area (Å²) in [6.07, 6.45) is 1.75. The van der Waals surface area contributed by atoms with Crippen molar-refractivity contribution in [1.82, 2.24) is 15.1 Å². The average Bonchev–Trinajstić information content (AvgIpc) is 3.20. The molecule has 8 heteroatoms. The third-order valence-electron chi connectivity index (χ3n) is 5.32. The van der Waals surface area contributed by atoms with Crippen molar-refractivity contribution in [3.05, 3.63) is 48.0 Å². The second kappa shape index (κ2) is 7.53. The largest absolute Gasteiger partial charge is 0.378 e. The Bertz CT molecular complexity index is 1220. The lowest BCUT2D eigenvalue weighted by Crippen LogP contribution is -2.36. The summed E-state index contributed by atoms with van der Waals surface area (Å²) < 4.78 is 25.5. The van der Waals surface area contributed by atoms with Crippen LogP contribution in [0.1, 0.15) is 25.5 Å². The summed E-state index contributed by atoms with van der Waals surface area (Å²) in [7, 11) is 0. The molecule has 0 bridgehead atoms. The maximum absolute atomic E-state index is 14.7. The molecule has 1 fully saturated rings. The van der Waals surface area contributed by atoms with Gasteiger partial charge in [-0.2, -0.15) is 0 Å². The van der Waals surface area contributed by atoms with E-state index in [0.29, 0.717) is 49.2 Å². The molecule has 0 atom stereocenters. The van der Waals surface area contributed by atoms with Crippen LogP contribution in [0, 0.1) is 5.82 Å². The molecule has 2 aromatic heterocycles. The predicted molar refractivity (Wildman–Crippen MR) is 114 cm³/mol. The first-order chi connectivity index (χ1) is 14.6. The Morgan fingerprint density at radius 2 is 1.97 bits per heavy atom. The molecule has 1 saturated heterocycles. The van der Waals surface area contributed by atoms with Crippen LogP contribution in [0.3, 0.4) is 0 Å². The van der Waals surface area contributed by atoms with Crippen LogP contribution in [0.15, 0.2) is 41.1 Å². The molecule has 7 nitrogen and oxygen atoms in total. The summed E-state index contributed by atoms with van der Waals surface area (Å²) >= 11 is 0. The van der Waals surface area contributed by atoms with Gasteiger partial charge in [-0.25, -0.2) is 14.4 Å². The molecule has 154 valence electrons. The highest BCUT2D eigenvalue weighted by Crippen LogP contribution is 2.31. The minimum Gasteiger partial charge on any atom is -0.378 e. The number of rotatable bonds is 4. The molecule has 4 aromatic rings. The van der Waals surface area contributed by atoms with Gasteiger partial charge in [-0.15, -0.1) is 0 Å². The van der Waals surface area contributed by atoms with Gasteiger partial charge in [-0.3, -0.25) is 0 Å². The van der Waals surface area contributed by atoms with Crippen molar-refractivity contribution in [1.29, 1.82) is 0 Å². The lowest BCUT2D eigenvalue weighted by molar-refractivity contribution is 0.122. The third-order valence-corrected chi connectivity index (χ3v) is 5.32. The van der Waals surface area contributed by atoms with E-state index < -0.39 is 0 Å². The maximum atomic E-state index is 14.7. The summed E-state index contributed by atoms with van der Waals surface area (Å²) in [6, 6.07) is 8.87. The molecule has 5 rings (SSSR count). The van der Waals surface area contributed by atoms with E-state index in [1.807, 2.05) is 23.1 Å². The zero-order valence-electron chi connectivity index (χ0n) is 16.9. The number of aromatic nitrogens is 3. The van der Waals surface area contributed by atoms with Crippen LogP contribution < -0.4 is 10.2 Å². The topological polar surface area (TPSA) is 76.3 Å². The van der Waals surface area contributed by atoms with E-state index in [1.165, 1.54) is 6.07 Å². The highest BCUT2D eigenvalue weighted by atomic mass is 19.1. The standard InChI is InChI=1S/C22H22FN5O2/c1-13(2)20-19-18(30-27-20)6-3-14-12-24-22(26-21(14)19)25-15-4-5-17(16(23)11-15)28-7-9-29-10-8-28/h3-6,11-13H,7-10H2,1-2H3,(H,24,25,26). The second-order valence-corrected chi connectivity index (χ2v) is 7.68. The number of morpholine rings is 1. The molecule has 2 aromatic carbocycles. The number of benzene rings is 2. The Balaban J connectivity index is 1.48. The number of anilines is 3. The summed E-state index contributed by atoms with van der Waals surface area (Å²) in [4.78, 5) is 11.1. The molecule has 1 aliphatic heterocycles. The van der Waals surface area contributed by atoms with Crippen LogP contribution in [0.4, 0.5) is 21.7 Å². The number of fused-ring (bicyclic) bond motifs is 3. The number of hydrogen-bond donors (Lipinski definition) is 1. The fourth-order valence-corrected chi connectivity index (χ4v) is 3.78. The lowest BCUT2D eigenvalue weighted by Gasteiger charge is -2.29. The summed E-state index contributed by atoms with van der Waals surface area (Å²) in [6.45, 7) is 6.72. The van der Waals surface area contributed by atoms with Crippen LogP contribution in [0.5, 0.6) is 0 Å². The van der Waals surface area contributed by atoms with Gasteiger partial charge in [0.05, 0.1) is 35.5 Å². The second-order valence-electron chi connectivity index (χ2n) is 7.68. The maximum Gasteiger partial charge on any atom is 0.227 e. The van der Waals surface area contributed by atoms with Crippen molar-refractivity contribution in [2.24, 2.45) is 0 Å². The molecular formula is C22H22FN5O2. The van der Waals surface area contributed by atoms with Crippen molar-refractivity contribution in [2.75, 3.05) is 36.5 Å². The number of ether oxygens (including phenoxy) is 1. The minimum atomic E-state index is -0.286. The fourth-order valence-electron chi connectivity index (χ4n) is 3.78. The van der Waals surface area contributed by atoms with Crippen molar-refractivity contribution >= 4 is 39.2 Å². The van der Waals surface area contributed by atoms with Gasteiger partial charge in [0.1, 0.15) is 5.82 Å². The van der Waals surface area contributed by atoms with Crippen molar-refractivity contribution in [3.8, 4) is 0 Å². The molecule has 0 amide bonds. The Morgan fingerprint density at radius 3 is 2.73 bits per heavy atom. The third kappa shape index (κ3) is 3.33. The molecule has 3 heterocycles. The van der Waals surface area contributed by atoms with Crippen LogP contribution in [0.25, 0.3) is 21.9 Å². The van der Waals surface area contributed by atoms with Gasteiger partial charge < -0.3 is 19.5 Å². The lowest BCUT2D eigenvalue weighted by atomic mass is 10.0. The molecular weight excluding hydrogens is 385 g/mol. The highest BCUT2D eigenvalue weighted by Gasteiger charge is 2.18. The first kappa shape index (κ1) is 18.7. The number of nitrogens with zero attached hydrogens (tertiary/aromatic N) is 4. The molecule has 1 aliphatic rings. The molecule has 0 radical (unpaired) electrons. The van der Waals surface area contributed by atoms with Gasteiger partial charge in [-0.1, -0.05) is 19.0 Å². The number of nitrogens with one attached hydrogen (secondary N) is 1. The van der Waals surface area contributed by atoms with Gasteiger partial charge in [0, 0.05) is 30.4 Å². The van der Waals surface area contributed by atoms with E-state index >= 15 is 0 Å². The molecule has 1 N–H and O–H groups in total. The normalized spacial score (nSPS) is 14.7. The van der Waals surface area contributed by atoms with Crippen LogP contribution in [0.2, 0.25) is 0 Å². The SMILES string of the molecule is CC(C)c1noc2ccc3cnc(Nc4ccc(N5CCOCC5)c(F)c4)nc3c12. The first-order valence-electron chi connectivity index (χ1n) is 10.0. The fraction of sp³-hybridized carbons (Fsp3) is 0.318. The smallest absolute Gasteiger partial charge is 0.227 e. The van der Waals surface area contributed by atoms with Crippen molar-refractivity contribution < 1.29 is 13.7 Å². The van der Waals surface area contributed by atoms with Gasteiger partial charge in [0.25, 0.3) is 0 Å². The summed E-state index contributed by atoms with van der Waals surface area (Å²) in [5.74, 6) is 0.306. The van der Waals surface area contributed by atoms with Crippen molar-refractivity contribution in [2.45, 2.75) is 19.8 Å². The van der Waals surface area contributed by atoms with Gasteiger partial charge in [0.2, 0.25) is 5.95 Å². The monoisotopic (exact) mass is 407 g/mol. The quantitative estimate of drug-likeness (QED) is 0.529. The minimum absolute atomic E-state index is 0.199. The van der Waals surface area contributed by atoms with Crippen LogP contribution in [-0.2, 0) is 4.74 Å². The van der Waals surface area contributed by atoms with E-state index in [0.717, 1.165) is 22.0 Å². The number of hydrogen-bond acceptors (Lipinski definition) is 7. The van der Waals surface area contributed by atoms with Gasteiger partial charge in [0.15, 0.2) is 5.58 Å². The van der Waals surface area contributed by atoms with Gasteiger partial charge in [-0.05, 0) is 36.2 Å². The Kier molecular flexibility index (Phi) is 4.71. The molecule has 0 unspecified atom stereocenters. The van der Waals surface area contributed by atoms with E-state index in [9.17, 15) is 4.39 Å². The predicted octanol–water partition coefficient (Wildman–Crippen LogP) is 4.61. The van der Waals surface area contributed by atoms with Gasteiger partial charge >= 0.3 is 0 Å². The Labute approximate surface area is 172 Å². The summed E-state index contributed by atoms with van der Waals surface area (Å²) in [5.41, 5.74) is 3.49. The van der Waals surface area contributed by atoms with E-state index in [2.05, 4.69) is 34.3 Å². The Morgan fingerprint density at radius 1 is 1.13 bits per heavy atom. The average molecular weight is 407 g/mol. The van der Waals surface area contributed by atoms with E-state index in [1.54, 1.807) is 12.3 Å². The van der Waals surface area contributed by atoms with E-state index in [4.69, 9.17) is 9.26 Å². The molecule has 0 aliphatic carbocycles. The van der Waals surface area contributed by atoms with Crippen LogP contribution in [-0.4, -0.2) is 41.4 Å². The zero-order chi connectivity index (χ0) is 20.7. The molecule has 30 heavy (non-hydrogen) atoms. The first-order valence-corrected chi connectivity index (χ1v) is 10.0. The van der Waals surface area contributed by atoms with Crippen molar-refractivity contribution in [3.63, 3.8) is 0 Å². The van der Waals surface area contributed by atoms with Crippen LogP contribution >= 0.6 is 0 Å². The number of halogens is 1. The molecule has 0 saturated carbocycles. The zero-order valence-corrected chi connectivity index (χ0v) is 16.9. The molecule has 0 spiro atoms. The Hall–Kier alpha value is -3.26. The van der Waals surface area contributed by atoms with E-state index in [-0.39, 0.29) is 11.7 Å². The highest BCUT2D eigenvalue weighted by molar-refractivity contribution is 6.04. The summed E-state index contributed by atoms with van der Waals surface area (Å²) in [5, 5.41) is 9.11.